The Labute approximate surface area is 133 Å². The molecular weight excluding hydrogens is 276 g/mol. The second kappa shape index (κ2) is 7.63. The van der Waals surface area contributed by atoms with Crippen molar-refractivity contribution >= 4 is 5.91 Å². The number of carbonyl (C=O) groups excluding carboxylic acids is 1. The predicted octanol–water partition coefficient (Wildman–Crippen LogP) is 2.66. The van der Waals surface area contributed by atoms with Crippen molar-refractivity contribution in [2.75, 3.05) is 19.7 Å². The van der Waals surface area contributed by atoms with E-state index in [0.29, 0.717) is 18.9 Å². The largest absolute Gasteiger partial charge is 0.493 e. The van der Waals surface area contributed by atoms with Crippen LogP contribution in [0, 0.1) is 19.8 Å². The van der Waals surface area contributed by atoms with Gasteiger partial charge in [-0.05, 0) is 56.7 Å². The smallest absolute Gasteiger partial charge is 0.226 e. The predicted molar refractivity (Wildman–Crippen MR) is 89.0 cm³/mol. The summed E-state index contributed by atoms with van der Waals surface area (Å²) in [6, 6.07) is 6.16. The number of nitrogens with two attached hydrogens (primary N) is 1. The Kier molecular flexibility index (Phi) is 5.83. The molecule has 22 heavy (non-hydrogen) atoms. The van der Waals surface area contributed by atoms with Gasteiger partial charge in [-0.3, -0.25) is 4.79 Å². The highest BCUT2D eigenvalue weighted by Crippen LogP contribution is 2.22. The number of ether oxygens (including phenoxy) is 1. The van der Waals surface area contributed by atoms with Gasteiger partial charge in [-0.25, -0.2) is 0 Å². The molecule has 122 valence electrons. The monoisotopic (exact) mass is 304 g/mol. The lowest BCUT2D eigenvalue weighted by Gasteiger charge is -2.34. The molecule has 0 unspecified atom stereocenters. The second-order valence-corrected chi connectivity index (χ2v) is 6.40. The van der Waals surface area contributed by atoms with Crippen LogP contribution in [0.4, 0.5) is 0 Å². The number of hydrogen-bond donors (Lipinski definition) is 1. The minimum absolute atomic E-state index is 0.154. The molecule has 0 spiro atoms. The van der Waals surface area contributed by atoms with E-state index in [1.807, 2.05) is 30.9 Å². The first kappa shape index (κ1) is 16.8. The van der Waals surface area contributed by atoms with E-state index in [-0.39, 0.29) is 11.9 Å². The van der Waals surface area contributed by atoms with Gasteiger partial charge in [0.2, 0.25) is 5.91 Å². The fourth-order valence-electron chi connectivity index (χ4n) is 2.95. The molecule has 1 aromatic carbocycles. The molecule has 2 atom stereocenters. The van der Waals surface area contributed by atoms with Crippen LogP contribution in [0.25, 0.3) is 0 Å². The molecule has 2 rings (SSSR count). The zero-order valence-corrected chi connectivity index (χ0v) is 14.0. The first-order chi connectivity index (χ1) is 10.5. The molecule has 1 amide bonds. The molecule has 0 bridgehead atoms. The molecule has 1 saturated heterocycles. The Bertz CT molecular complexity index is 514. The van der Waals surface area contributed by atoms with Gasteiger partial charge in [0.15, 0.2) is 0 Å². The van der Waals surface area contributed by atoms with Crippen LogP contribution in [0.1, 0.15) is 37.3 Å². The molecule has 1 fully saturated rings. The lowest BCUT2D eigenvalue weighted by Crippen LogP contribution is -2.45. The number of piperidine rings is 1. The third-order valence-electron chi connectivity index (χ3n) is 4.68. The molecular formula is C18H28N2O2. The topological polar surface area (TPSA) is 55.6 Å². The summed E-state index contributed by atoms with van der Waals surface area (Å²) in [4.78, 5) is 14.3. The lowest BCUT2D eigenvalue weighted by atomic mass is 9.92. The van der Waals surface area contributed by atoms with Crippen LogP contribution in [0.3, 0.4) is 0 Å². The Morgan fingerprint density at radius 1 is 1.45 bits per heavy atom. The van der Waals surface area contributed by atoms with E-state index in [2.05, 4.69) is 13.0 Å². The summed E-state index contributed by atoms with van der Waals surface area (Å²) in [6.45, 7) is 8.22. The zero-order chi connectivity index (χ0) is 16.1. The summed E-state index contributed by atoms with van der Waals surface area (Å²) in [7, 11) is 0. The van der Waals surface area contributed by atoms with E-state index < -0.39 is 0 Å². The number of nitrogens with zero attached hydrogens (tertiary/aromatic N) is 1. The number of hydrogen-bond acceptors (Lipinski definition) is 3. The highest BCUT2D eigenvalue weighted by molar-refractivity contribution is 5.76. The van der Waals surface area contributed by atoms with Gasteiger partial charge in [0, 0.05) is 19.1 Å². The van der Waals surface area contributed by atoms with Gasteiger partial charge >= 0.3 is 0 Å². The molecule has 4 nitrogen and oxygen atoms in total. The van der Waals surface area contributed by atoms with E-state index >= 15 is 0 Å². The third-order valence-corrected chi connectivity index (χ3v) is 4.68. The van der Waals surface area contributed by atoms with Crippen molar-refractivity contribution in [3.63, 3.8) is 0 Å². The van der Waals surface area contributed by atoms with Crippen LogP contribution in [-0.2, 0) is 4.79 Å². The van der Waals surface area contributed by atoms with Crippen molar-refractivity contribution < 1.29 is 9.53 Å². The Morgan fingerprint density at radius 2 is 2.23 bits per heavy atom. The molecule has 1 aromatic rings. The van der Waals surface area contributed by atoms with Crippen molar-refractivity contribution in [1.82, 2.24) is 4.90 Å². The number of rotatable bonds is 5. The summed E-state index contributed by atoms with van der Waals surface area (Å²) in [5, 5.41) is 0. The van der Waals surface area contributed by atoms with Crippen molar-refractivity contribution in [1.29, 1.82) is 0 Å². The minimum atomic E-state index is 0.154. The summed E-state index contributed by atoms with van der Waals surface area (Å²) in [5.41, 5.74) is 8.33. The summed E-state index contributed by atoms with van der Waals surface area (Å²) >= 11 is 0. The van der Waals surface area contributed by atoms with Crippen LogP contribution in [0.15, 0.2) is 18.2 Å². The Hall–Kier alpha value is -1.55. The van der Waals surface area contributed by atoms with Gasteiger partial charge in [-0.1, -0.05) is 12.1 Å². The molecule has 0 saturated carbocycles. The van der Waals surface area contributed by atoms with E-state index in [0.717, 1.165) is 37.2 Å². The summed E-state index contributed by atoms with van der Waals surface area (Å²) in [5.74, 6) is 1.48. The number of aryl methyl sites for hydroxylation is 1. The number of benzene rings is 1. The summed E-state index contributed by atoms with van der Waals surface area (Å²) in [6.07, 6.45) is 2.61. The molecule has 2 N–H and O–H groups in total. The maximum absolute atomic E-state index is 12.3. The van der Waals surface area contributed by atoms with Crippen LogP contribution in [-0.4, -0.2) is 36.5 Å². The molecule has 0 aliphatic carbocycles. The number of likely N-dealkylation sites (tertiary alicyclic amines) is 1. The Balaban J connectivity index is 1.81. The summed E-state index contributed by atoms with van der Waals surface area (Å²) < 4.78 is 5.78. The van der Waals surface area contributed by atoms with E-state index in [4.69, 9.17) is 10.5 Å². The van der Waals surface area contributed by atoms with Crippen molar-refractivity contribution in [2.24, 2.45) is 11.7 Å². The van der Waals surface area contributed by atoms with E-state index in [1.54, 1.807) is 0 Å². The molecule has 1 aliphatic heterocycles. The van der Waals surface area contributed by atoms with Gasteiger partial charge in [0.25, 0.3) is 0 Å². The van der Waals surface area contributed by atoms with Crippen LogP contribution in [0.2, 0.25) is 0 Å². The quantitative estimate of drug-likeness (QED) is 0.910. The highest BCUT2D eigenvalue weighted by Gasteiger charge is 2.25. The van der Waals surface area contributed by atoms with Gasteiger partial charge in [0.05, 0.1) is 13.0 Å². The van der Waals surface area contributed by atoms with E-state index in [9.17, 15) is 4.79 Å². The third kappa shape index (κ3) is 4.23. The molecule has 0 aromatic heterocycles. The average Bonchev–Trinajstić information content (AvgIpc) is 2.51. The van der Waals surface area contributed by atoms with Gasteiger partial charge in [0.1, 0.15) is 5.75 Å². The van der Waals surface area contributed by atoms with Gasteiger partial charge in [-0.15, -0.1) is 0 Å². The maximum atomic E-state index is 12.3. The molecule has 1 aliphatic rings. The fraction of sp³-hybridized carbons (Fsp3) is 0.611. The first-order valence-electron chi connectivity index (χ1n) is 8.21. The van der Waals surface area contributed by atoms with Crippen molar-refractivity contribution in [3.05, 3.63) is 29.3 Å². The van der Waals surface area contributed by atoms with Crippen LogP contribution in [0.5, 0.6) is 5.75 Å². The van der Waals surface area contributed by atoms with Crippen molar-refractivity contribution in [3.8, 4) is 5.75 Å². The van der Waals surface area contributed by atoms with Crippen molar-refractivity contribution in [2.45, 2.75) is 46.1 Å². The normalized spacial score (nSPS) is 19.8. The lowest BCUT2D eigenvalue weighted by molar-refractivity contribution is -0.133. The van der Waals surface area contributed by atoms with Gasteiger partial charge < -0.3 is 15.4 Å². The average molecular weight is 304 g/mol. The second-order valence-electron chi connectivity index (χ2n) is 6.40. The van der Waals surface area contributed by atoms with Crippen LogP contribution < -0.4 is 10.5 Å². The Morgan fingerprint density at radius 3 is 2.95 bits per heavy atom. The SMILES string of the molecule is Cc1cccc(OCCC(=O)N2CCC[C@H]([C@@H](C)N)C2)c1C. The zero-order valence-electron chi connectivity index (χ0n) is 14.0. The van der Waals surface area contributed by atoms with Crippen LogP contribution >= 0.6 is 0 Å². The number of amides is 1. The minimum Gasteiger partial charge on any atom is -0.493 e. The number of carbonyl (C=O) groups is 1. The molecule has 0 radical (unpaired) electrons. The first-order valence-corrected chi connectivity index (χ1v) is 8.21. The molecule has 1 heterocycles. The highest BCUT2D eigenvalue weighted by atomic mass is 16.5. The standard InChI is InChI=1S/C18H28N2O2/c1-13-6-4-8-17(14(13)2)22-11-9-18(21)20-10-5-7-16(12-20)15(3)19/h4,6,8,15-16H,5,7,9-12,19H2,1-3H3/t15-,16+/m1/s1. The maximum Gasteiger partial charge on any atom is 0.226 e. The molecule has 4 heteroatoms. The fourth-order valence-corrected chi connectivity index (χ4v) is 2.95. The van der Waals surface area contributed by atoms with E-state index in [1.165, 1.54) is 5.56 Å². The van der Waals surface area contributed by atoms with Gasteiger partial charge in [-0.2, -0.15) is 0 Å².